The zero-order valence-corrected chi connectivity index (χ0v) is 12.1. The summed E-state index contributed by atoms with van der Waals surface area (Å²) in [6, 6.07) is 15.9. The maximum Gasteiger partial charge on any atom is 0.0568 e. The van der Waals surface area contributed by atoms with Gasteiger partial charge in [0, 0.05) is 17.2 Å². The van der Waals surface area contributed by atoms with Gasteiger partial charge in [-0.2, -0.15) is 10.2 Å². The Labute approximate surface area is 121 Å². The molecule has 0 fully saturated rings. The van der Waals surface area contributed by atoms with Crippen LogP contribution in [0, 0.1) is 0 Å². The number of anilines is 1. The van der Waals surface area contributed by atoms with Crippen molar-refractivity contribution in [2.24, 2.45) is 10.2 Å². The standard InChI is InChI=1S/C15H14BrN3/c1-17-15-8-4-13(5-9-15)11-19-18-10-12-2-6-14(16)7-3-12/h2-11,17H,1H3/b18-10+,19-11+. The van der Waals surface area contributed by atoms with Gasteiger partial charge in [-0.1, -0.05) is 40.2 Å². The predicted molar refractivity (Wildman–Crippen MR) is 85.3 cm³/mol. The molecule has 1 N–H and O–H groups in total. The maximum absolute atomic E-state index is 4.03. The second kappa shape index (κ2) is 6.85. The van der Waals surface area contributed by atoms with Crippen molar-refractivity contribution in [3.05, 3.63) is 64.1 Å². The number of nitrogens with zero attached hydrogens (tertiary/aromatic N) is 2. The predicted octanol–water partition coefficient (Wildman–Crippen LogP) is 3.94. The van der Waals surface area contributed by atoms with Gasteiger partial charge in [0.2, 0.25) is 0 Å². The summed E-state index contributed by atoms with van der Waals surface area (Å²) < 4.78 is 1.05. The normalized spacial score (nSPS) is 11.3. The second-order valence-corrected chi connectivity index (χ2v) is 4.83. The molecule has 0 heterocycles. The van der Waals surface area contributed by atoms with Crippen LogP contribution >= 0.6 is 15.9 Å². The fraction of sp³-hybridized carbons (Fsp3) is 0.0667. The van der Waals surface area contributed by atoms with E-state index in [1.807, 2.05) is 55.6 Å². The molecule has 2 rings (SSSR count). The first-order valence-electron chi connectivity index (χ1n) is 5.88. The summed E-state index contributed by atoms with van der Waals surface area (Å²) in [6.07, 6.45) is 3.46. The molecule has 0 aliphatic heterocycles. The third-order valence-electron chi connectivity index (χ3n) is 2.55. The lowest BCUT2D eigenvalue weighted by atomic mass is 10.2. The largest absolute Gasteiger partial charge is 0.388 e. The molecule has 2 aromatic rings. The Bertz CT molecular complexity index is 571. The molecule has 19 heavy (non-hydrogen) atoms. The SMILES string of the molecule is CNc1ccc(/C=N/N=C/c2ccc(Br)cc2)cc1. The highest BCUT2D eigenvalue weighted by atomic mass is 79.9. The van der Waals surface area contributed by atoms with E-state index in [9.17, 15) is 0 Å². The Kier molecular flexibility index (Phi) is 4.86. The summed E-state index contributed by atoms with van der Waals surface area (Å²) in [6.45, 7) is 0. The van der Waals surface area contributed by atoms with E-state index in [0.29, 0.717) is 0 Å². The Morgan fingerprint density at radius 1 is 0.842 bits per heavy atom. The Balaban J connectivity index is 1.96. The van der Waals surface area contributed by atoms with Crippen LogP contribution in [0.25, 0.3) is 0 Å². The molecule has 0 spiro atoms. The highest BCUT2D eigenvalue weighted by Gasteiger charge is 1.89. The average molecular weight is 316 g/mol. The van der Waals surface area contributed by atoms with Gasteiger partial charge >= 0.3 is 0 Å². The van der Waals surface area contributed by atoms with E-state index in [2.05, 4.69) is 31.4 Å². The molecule has 0 bridgehead atoms. The van der Waals surface area contributed by atoms with E-state index in [-0.39, 0.29) is 0 Å². The molecule has 0 radical (unpaired) electrons. The Hall–Kier alpha value is -1.94. The van der Waals surface area contributed by atoms with E-state index >= 15 is 0 Å². The summed E-state index contributed by atoms with van der Waals surface area (Å²) in [5.74, 6) is 0. The van der Waals surface area contributed by atoms with Gasteiger partial charge in [-0.15, -0.1) is 0 Å². The van der Waals surface area contributed by atoms with Gasteiger partial charge in [-0.3, -0.25) is 0 Å². The smallest absolute Gasteiger partial charge is 0.0568 e. The lowest BCUT2D eigenvalue weighted by molar-refractivity contribution is 1.26. The van der Waals surface area contributed by atoms with Gasteiger partial charge in [0.15, 0.2) is 0 Å². The molecule has 0 aliphatic rings. The van der Waals surface area contributed by atoms with Crippen LogP contribution in [0.15, 0.2) is 63.2 Å². The second-order valence-electron chi connectivity index (χ2n) is 3.91. The lowest BCUT2D eigenvalue weighted by Crippen LogP contribution is -1.88. The average Bonchev–Trinajstić information content (AvgIpc) is 2.46. The van der Waals surface area contributed by atoms with Gasteiger partial charge in [-0.05, 0) is 35.4 Å². The van der Waals surface area contributed by atoms with Crippen LogP contribution in [0.1, 0.15) is 11.1 Å². The van der Waals surface area contributed by atoms with E-state index < -0.39 is 0 Å². The summed E-state index contributed by atoms with van der Waals surface area (Å²) in [5, 5.41) is 11.1. The molecule has 3 nitrogen and oxygen atoms in total. The van der Waals surface area contributed by atoms with E-state index in [1.54, 1.807) is 12.4 Å². The van der Waals surface area contributed by atoms with Crippen LogP contribution in [-0.2, 0) is 0 Å². The van der Waals surface area contributed by atoms with Gasteiger partial charge in [-0.25, -0.2) is 0 Å². The molecular formula is C15H14BrN3. The minimum atomic E-state index is 1.02. The Morgan fingerprint density at radius 3 is 1.79 bits per heavy atom. The molecule has 0 aliphatic carbocycles. The van der Waals surface area contributed by atoms with Crippen molar-refractivity contribution in [2.75, 3.05) is 12.4 Å². The van der Waals surface area contributed by atoms with Crippen LogP contribution in [-0.4, -0.2) is 19.5 Å². The highest BCUT2D eigenvalue weighted by molar-refractivity contribution is 9.10. The minimum absolute atomic E-state index is 1.02. The van der Waals surface area contributed by atoms with Gasteiger partial charge in [0.1, 0.15) is 0 Å². The molecule has 4 heteroatoms. The number of nitrogens with one attached hydrogen (secondary N) is 1. The lowest BCUT2D eigenvalue weighted by Gasteiger charge is -1.98. The quantitative estimate of drug-likeness (QED) is 0.673. The van der Waals surface area contributed by atoms with Gasteiger partial charge < -0.3 is 5.32 Å². The molecule has 0 aromatic heterocycles. The monoisotopic (exact) mass is 315 g/mol. The third-order valence-corrected chi connectivity index (χ3v) is 3.08. The first kappa shape index (κ1) is 13.5. The molecule has 2 aromatic carbocycles. The van der Waals surface area contributed by atoms with Crippen LogP contribution in [0.3, 0.4) is 0 Å². The van der Waals surface area contributed by atoms with Crippen molar-refractivity contribution < 1.29 is 0 Å². The van der Waals surface area contributed by atoms with Crippen molar-refractivity contribution in [2.45, 2.75) is 0 Å². The van der Waals surface area contributed by atoms with Crippen LogP contribution in [0.2, 0.25) is 0 Å². The summed E-state index contributed by atoms with van der Waals surface area (Å²) in [5.41, 5.74) is 3.12. The fourth-order valence-corrected chi connectivity index (χ4v) is 1.75. The zero-order chi connectivity index (χ0) is 13.5. The topological polar surface area (TPSA) is 36.8 Å². The molecular weight excluding hydrogens is 302 g/mol. The third kappa shape index (κ3) is 4.34. The van der Waals surface area contributed by atoms with Crippen molar-refractivity contribution in [1.29, 1.82) is 0 Å². The molecule has 0 amide bonds. The number of benzene rings is 2. The highest BCUT2D eigenvalue weighted by Crippen LogP contribution is 2.09. The van der Waals surface area contributed by atoms with Crippen molar-refractivity contribution in [3.63, 3.8) is 0 Å². The number of hydrogen-bond acceptors (Lipinski definition) is 3. The van der Waals surface area contributed by atoms with Gasteiger partial charge in [0.05, 0.1) is 12.4 Å². The van der Waals surface area contributed by atoms with E-state index in [4.69, 9.17) is 0 Å². The fourth-order valence-electron chi connectivity index (χ4n) is 1.48. The first-order chi connectivity index (χ1) is 9.28. The molecule has 0 unspecified atom stereocenters. The van der Waals surface area contributed by atoms with Crippen molar-refractivity contribution in [1.82, 2.24) is 0 Å². The van der Waals surface area contributed by atoms with E-state index in [1.165, 1.54) is 0 Å². The number of halogens is 1. The Morgan fingerprint density at radius 2 is 1.32 bits per heavy atom. The van der Waals surface area contributed by atoms with Crippen LogP contribution in [0.4, 0.5) is 5.69 Å². The van der Waals surface area contributed by atoms with Crippen LogP contribution in [0.5, 0.6) is 0 Å². The van der Waals surface area contributed by atoms with Gasteiger partial charge in [0.25, 0.3) is 0 Å². The van der Waals surface area contributed by atoms with Crippen LogP contribution < -0.4 is 5.32 Å². The summed E-state index contributed by atoms with van der Waals surface area (Å²) in [7, 11) is 1.89. The first-order valence-corrected chi connectivity index (χ1v) is 6.67. The van der Waals surface area contributed by atoms with Crippen molar-refractivity contribution in [3.8, 4) is 0 Å². The maximum atomic E-state index is 4.03. The summed E-state index contributed by atoms with van der Waals surface area (Å²) in [4.78, 5) is 0. The minimum Gasteiger partial charge on any atom is -0.388 e. The number of rotatable bonds is 4. The molecule has 0 saturated carbocycles. The zero-order valence-electron chi connectivity index (χ0n) is 10.5. The van der Waals surface area contributed by atoms with E-state index in [0.717, 1.165) is 21.3 Å². The van der Waals surface area contributed by atoms with Crippen molar-refractivity contribution >= 4 is 34.0 Å². The summed E-state index contributed by atoms with van der Waals surface area (Å²) >= 11 is 3.39. The molecule has 0 atom stereocenters. The molecule has 0 saturated heterocycles. The number of hydrogen-bond donors (Lipinski definition) is 1. The molecule has 96 valence electrons.